The Balaban J connectivity index is 1.58. The first kappa shape index (κ1) is 21.0. The molecule has 31 heavy (non-hydrogen) atoms. The Bertz CT molecular complexity index is 1280. The number of nitro groups is 1. The van der Waals surface area contributed by atoms with E-state index in [1.54, 1.807) is 12.1 Å². The molecule has 2 heterocycles. The number of fused-ring (bicyclic) bond motifs is 1. The van der Waals surface area contributed by atoms with E-state index in [0.29, 0.717) is 16.7 Å². The molecule has 0 fully saturated rings. The number of aromatic nitrogens is 4. The van der Waals surface area contributed by atoms with E-state index >= 15 is 0 Å². The van der Waals surface area contributed by atoms with Crippen molar-refractivity contribution in [3.8, 4) is 0 Å². The number of thioether (sulfide) groups is 1. The zero-order valence-corrected chi connectivity index (χ0v) is 18.7. The van der Waals surface area contributed by atoms with Crippen molar-refractivity contribution in [1.82, 2.24) is 19.6 Å². The highest BCUT2D eigenvalue weighted by Crippen LogP contribution is 2.24. The Morgan fingerprint density at radius 2 is 1.77 bits per heavy atom. The summed E-state index contributed by atoms with van der Waals surface area (Å²) in [6.45, 7) is 8.32. The zero-order chi connectivity index (χ0) is 22.1. The standard InChI is InChI=1S/C23H23N5O2S/c1-14-5-6-15(2)19(11-14)12-21-16(3)24-22-25-23(26-27(22)17(21)4)31-13-18-7-9-20(10-8-18)28(29)30/h5-11H,12-13H2,1-4H3. The van der Waals surface area contributed by atoms with Gasteiger partial charge >= 0.3 is 0 Å². The molecule has 2 aromatic carbocycles. The number of rotatable bonds is 6. The largest absolute Gasteiger partial charge is 0.269 e. The van der Waals surface area contributed by atoms with E-state index in [1.165, 1.54) is 40.6 Å². The molecule has 0 spiro atoms. The van der Waals surface area contributed by atoms with Gasteiger partial charge in [0.2, 0.25) is 5.16 Å². The van der Waals surface area contributed by atoms with Gasteiger partial charge in [-0.25, -0.2) is 9.50 Å². The average Bonchev–Trinajstić information content (AvgIpc) is 3.15. The highest BCUT2D eigenvalue weighted by molar-refractivity contribution is 7.98. The van der Waals surface area contributed by atoms with Crippen LogP contribution in [0.4, 0.5) is 5.69 Å². The lowest BCUT2D eigenvalue weighted by atomic mass is 9.97. The summed E-state index contributed by atoms with van der Waals surface area (Å²) < 4.78 is 1.81. The van der Waals surface area contributed by atoms with Crippen LogP contribution in [0.2, 0.25) is 0 Å². The first-order chi connectivity index (χ1) is 14.8. The van der Waals surface area contributed by atoms with Crippen LogP contribution in [-0.2, 0) is 12.2 Å². The minimum absolute atomic E-state index is 0.0891. The Kier molecular flexibility index (Phi) is 5.73. The molecule has 4 aromatic rings. The van der Waals surface area contributed by atoms with Crippen LogP contribution in [0.15, 0.2) is 47.6 Å². The van der Waals surface area contributed by atoms with Crippen LogP contribution in [0.25, 0.3) is 5.78 Å². The zero-order valence-electron chi connectivity index (χ0n) is 17.9. The van der Waals surface area contributed by atoms with Gasteiger partial charge in [0.05, 0.1) is 4.92 Å². The van der Waals surface area contributed by atoms with E-state index in [4.69, 9.17) is 4.98 Å². The second-order valence-electron chi connectivity index (χ2n) is 7.69. The van der Waals surface area contributed by atoms with Gasteiger partial charge in [-0.1, -0.05) is 47.7 Å². The summed E-state index contributed by atoms with van der Waals surface area (Å²) in [4.78, 5) is 19.7. The summed E-state index contributed by atoms with van der Waals surface area (Å²) in [5.74, 6) is 1.22. The summed E-state index contributed by atoms with van der Waals surface area (Å²) in [5.41, 5.74) is 8.04. The fraction of sp³-hybridized carbons (Fsp3) is 0.261. The molecule has 0 amide bonds. The van der Waals surface area contributed by atoms with E-state index in [0.717, 1.165) is 28.9 Å². The normalized spacial score (nSPS) is 11.2. The van der Waals surface area contributed by atoms with Gasteiger partial charge < -0.3 is 0 Å². The lowest BCUT2D eigenvalue weighted by Gasteiger charge is -2.12. The van der Waals surface area contributed by atoms with Gasteiger partial charge in [-0.2, -0.15) is 4.98 Å². The van der Waals surface area contributed by atoms with Gasteiger partial charge in [-0.05, 0) is 49.9 Å². The topological polar surface area (TPSA) is 86.2 Å². The smallest absolute Gasteiger partial charge is 0.258 e. The van der Waals surface area contributed by atoms with Gasteiger partial charge in [-0.3, -0.25) is 10.1 Å². The number of hydrogen-bond acceptors (Lipinski definition) is 6. The molecule has 0 aliphatic carbocycles. The fourth-order valence-electron chi connectivity index (χ4n) is 3.55. The second kappa shape index (κ2) is 8.47. The first-order valence-electron chi connectivity index (χ1n) is 9.97. The molecule has 7 nitrogen and oxygen atoms in total. The summed E-state index contributed by atoms with van der Waals surface area (Å²) in [7, 11) is 0. The molecule has 8 heteroatoms. The number of aryl methyl sites for hydroxylation is 4. The van der Waals surface area contributed by atoms with Crippen molar-refractivity contribution in [3.63, 3.8) is 0 Å². The average molecular weight is 434 g/mol. The van der Waals surface area contributed by atoms with Crippen LogP contribution >= 0.6 is 11.8 Å². The Hall–Kier alpha value is -3.26. The number of benzene rings is 2. The molecule has 0 radical (unpaired) electrons. The molecule has 4 rings (SSSR count). The summed E-state index contributed by atoms with van der Waals surface area (Å²) in [6, 6.07) is 13.1. The molecule has 0 aliphatic heterocycles. The highest BCUT2D eigenvalue weighted by Gasteiger charge is 2.15. The molecule has 0 atom stereocenters. The molecule has 2 aromatic heterocycles. The SMILES string of the molecule is Cc1ccc(C)c(Cc2c(C)nc3nc(SCc4ccc([N+](=O)[O-])cc4)nn3c2C)c1. The molecule has 0 saturated carbocycles. The van der Waals surface area contributed by atoms with Gasteiger partial charge in [0.15, 0.2) is 0 Å². The third kappa shape index (κ3) is 4.44. The molecule has 0 saturated heterocycles. The van der Waals surface area contributed by atoms with Crippen molar-refractivity contribution in [2.45, 2.75) is 45.0 Å². The number of non-ortho nitro benzene ring substituents is 1. The maximum Gasteiger partial charge on any atom is 0.269 e. The molecular formula is C23H23N5O2S. The van der Waals surface area contributed by atoms with Crippen molar-refractivity contribution in [3.05, 3.63) is 91.8 Å². The molecular weight excluding hydrogens is 410 g/mol. The fourth-order valence-corrected chi connectivity index (χ4v) is 4.32. The minimum atomic E-state index is -0.396. The Morgan fingerprint density at radius 1 is 1.03 bits per heavy atom. The van der Waals surface area contributed by atoms with Crippen LogP contribution in [0.1, 0.15) is 39.2 Å². The lowest BCUT2D eigenvalue weighted by molar-refractivity contribution is -0.384. The number of hydrogen-bond donors (Lipinski definition) is 0. The van der Waals surface area contributed by atoms with E-state index in [-0.39, 0.29) is 5.69 Å². The van der Waals surface area contributed by atoms with Crippen LogP contribution < -0.4 is 0 Å². The maximum atomic E-state index is 10.8. The maximum absolute atomic E-state index is 10.8. The molecule has 0 bridgehead atoms. The Morgan fingerprint density at radius 3 is 2.48 bits per heavy atom. The third-order valence-corrected chi connectivity index (χ3v) is 6.33. The molecule has 0 unspecified atom stereocenters. The predicted octanol–water partition coefficient (Wildman–Crippen LogP) is 5.15. The van der Waals surface area contributed by atoms with Gasteiger partial charge in [0.1, 0.15) is 0 Å². The summed E-state index contributed by atoms with van der Waals surface area (Å²) in [5, 5.41) is 16.1. The van der Waals surface area contributed by atoms with Gasteiger partial charge in [-0.15, -0.1) is 5.10 Å². The van der Waals surface area contributed by atoms with Gasteiger partial charge in [0, 0.05) is 35.7 Å². The second-order valence-corrected chi connectivity index (χ2v) is 8.63. The van der Waals surface area contributed by atoms with Crippen molar-refractivity contribution in [1.29, 1.82) is 0 Å². The van der Waals surface area contributed by atoms with E-state index in [1.807, 2.05) is 11.4 Å². The van der Waals surface area contributed by atoms with E-state index in [9.17, 15) is 10.1 Å². The van der Waals surface area contributed by atoms with Crippen molar-refractivity contribution < 1.29 is 4.92 Å². The van der Waals surface area contributed by atoms with Crippen LogP contribution in [0, 0.1) is 37.8 Å². The molecule has 158 valence electrons. The quantitative estimate of drug-likeness (QED) is 0.237. The van der Waals surface area contributed by atoms with E-state index < -0.39 is 4.92 Å². The highest BCUT2D eigenvalue weighted by atomic mass is 32.2. The van der Waals surface area contributed by atoms with Crippen molar-refractivity contribution >= 4 is 23.2 Å². The van der Waals surface area contributed by atoms with Crippen molar-refractivity contribution in [2.75, 3.05) is 0 Å². The number of nitrogens with zero attached hydrogens (tertiary/aromatic N) is 5. The van der Waals surface area contributed by atoms with Crippen molar-refractivity contribution in [2.24, 2.45) is 0 Å². The molecule has 0 N–H and O–H groups in total. The van der Waals surface area contributed by atoms with E-state index in [2.05, 4.69) is 49.1 Å². The van der Waals surface area contributed by atoms with Gasteiger partial charge in [0.25, 0.3) is 11.5 Å². The number of nitro benzene ring substituents is 1. The van der Waals surface area contributed by atoms with Crippen LogP contribution in [0.5, 0.6) is 0 Å². The minimum Gasteiger partial charge on any atom is -0.258 e. The molecule has 0 aliphatic rings. The van der Waals surface area contributed by atoms with Crippen LogP contribution in [-0.4, -0.2) is 24.5 Å². The third-order valence-electron chi connectivity index (χ3n) is 5.42. The first-order valence-corrected chi connectivity index (χ1v) is 11.0. The summed E-state index contributed by atoms with van der Waals surface area (Å²) >= 11 is 1.49. The monoisotopic (exact) mass is 433 g/mol. The lowest BCUT2D eigenvalue weighted by Crippen LogP contribution is -2.07. The predicted molar refractivity (Wildman–Crippen MR) is 122 cm³/mol. The van der Waals surface area contributed by atoms with Crippen LogP contribution in [0.3, 0.4) is 0 Å². The summed E-state index contributed by atoms with van der Waals surface area (Å²) in [6.07, 6.45) is 0.805. The Labute approximate surface area is 184 Å².